The van der Waals surface area contributed by atoms with Gasteiger partial charge in [-0.15, -0.1) is 0 Å². The Kier molecular flexibility index (Phi) is 1.99. The summed E-state index contributed by atoms with van der Waals surface area (Å²) in [5, 5.41) is 3.49. The molecule has 0 unspecified atom stereocenters. The lowest BCUT2D eigenvalue weighted by atomic mass is 9.95. The van der Waals surface area contributed by atoms with Crippen LogP contribution in [0.4, 0.5) is 5.69 Å². The van der Waals surface area contributed by atoms with Gasteiger partial charge in [-0.2, -0.15) is 0 Å². The van der Waals surface area contributed by atoms with Crippen molar-refractivity contribution in [2.24, 2.45) is 0 Å². The van der Waals surface area contributed by atoms with E-state index in [0.717, 1.165) is 19.6 Å². The first kappa shape index (κ1) is 9.22. The summed E-state index contributed by atoms with van der Waals surface area (Å²) in [6.07, 6.45) is 0. The number of hydrogen-bond acceptors (Lipinski definition) is 2. The van der Waals surface area contributed by atoms with Crippen LogP contribution in [-0.2, 0) is 6.54 Å². The Balaban J connectivity index is 2.22. The van der Waals surface area contributed by atoms with E-state index in [1.807, 2.05) is 0 Å². The van der Waals surface area contributed by atoms with Crippen molar-refractivity contribution in [3.63, 3.8) is 0 Å². The smallest absolute Gasteiger partial charge is 0.0451 e. The zero-order chi connectivity index (χ0) is 10.4. The van der Waals surface area contributed by atoms with E-state index in [0.29, 0.717) is 5.92 Å². The fourth-order valence-electron chi connectivity index (χ4n) is 3.05. The summed E-state index contributed by atoms with van der Waals surface area (Å²) in [5.74, 6) is 0.707. The normalized spacial score (nSPS) is 23.9. The second-order valence-corrected chi connectivity index (χ2v) is 4.83. The van der Waals surface area contributed by atoms with Gasteiger partial charge in [0, 0.05) is 37.8 Å². The second-order valence-electron chi connectivity index (χ2n) is 4.83. The van der Waals surface area contributed by atoms with E-state index in [4.69, 9.17) is 0 Å². The van der Waals surface area contributed by atoms with Crippen molar-refractivity contribution in [1.82, 2.24) is 5.32 Å². The van der Waals surface area contributed by atoms with Crippen LogP contribution in [0.25, 0.3) is 0 Å². The molecule has 1 aromatic rings. The molecule has 0 saturated heterocycles. The van der Waals surface area contributed by atoms with Crippen LogP contribution in [0.1, 0.15) is 29.5 Å². The van der Waals surface area contributed by atoms with E-state index in [1.54, 1.807) is 5.56 Å². The molecule has 2 nitrogen and oxygen atoms in total. The van der Waals surface area contributed by atoms with Crippen LogP contribution in [0, 0.1) is 6.92 Å². The van der Waals surface area contributed by atoms with Gasteiger partial charge in [-0.05, 0) is 23.6 Å². The highest BCUT2D eigenvalue weighted by molar-refractivity contribution is 5.67. The van der Waals surface area contributed by atoms with Crippen molar-refractivity contribution in [1.29, 1.82) is 0 Å². The van der Waals surface area contributed by atoms with Crippen LogP contribution in [-0.4, -0.2) is 19.6 Å². The largest absolute Gasteiger partial charge is 0.369 e. The van der Waals surface area contributed by atoms with Crippen molar-refractivity contribution < 1.29 is 0 Å². The molecule has 2 heterocycles. The van der Waals surface area contributed by atoms with E-state index in [1.165, 1.54) is 23.4 Å². The summed E-state index contributed by atoms with van der Waals surface area (Å²) in [6.45, 7) is 9.10. The van der Waals surface area contributed by atoms with E-state index in [2.05, 4.69) is 36.2 Å². The van der Waals surface area contributed by atoms with E-state index in [-0.39, 0.29) is 0 Å². The average molecular weight is 202 g/mol. The maximum atomic E-state index is 3.49. The Hall–Kier alpha value is -1.02. The monoisotopic (exact) mass is 202 g/mol. The number of hydrogen-bond donors (Lipinski definition) is 1. The van der Waals surface area contributed by atoms with Gasteiger partial charge in [0.15, 0.2) is 0 Å². The fraction of sp³-hybridized carbons (Fsp3) is 0.538. The molecular weight excluding hydrogens is 184 g/mol. The number of aryl methyl sites for hydroxylation is 1. The van der Waals surface area contributed by atoms with Crippen molar-refractivity contribution in [2.45, 2.75) is 26.3 Å². The van der Waals surface area contributed by atoms with Crippen LogP contribution < -0.4 is 10.2 Å². The first-order valence-corrected chi connectivity index (χ1v) is 5.85. The Morgan fingerprint density at radius 3 is 3.13 bits per heavy atom. The number of rotatable bonds is 0. The zero-order valence-corrected chi connectivity index (χ0v) is 9.51. The molecular formula is C13H18N2. The van der Waals surface area contributed by atoms with Gasteiger partial charge in [-0.1, -0.05) is 19.1 Å². The lowest BCUT2D eigenvalue weighted by Gasteiger charge is -2.18. The van der Waals surface area contributed by atoms with Gasteiger partial charge < -0.3 is 10.2 Å². The summed E-state index contributed by atoms with van der Waals surface area (Å²) < 4.78 is 0. The highest BCUT2D eigenvalue weighted by Gasteiger charge is 2.30. The standard InChI is InChI=1S/C13H18N2/c1-9-3-4-11-7-14-5-6-15-8-10(2)12(9)13(11)15/h3-4,10,14H,5-8H2,1-2H3/t10-/m0/s1. The lowest BCUT2D eigenvalue weighted by molar-refractivity contribution is 0.673. The van der Waals surface area contributed by atoms with Crippen LogP contribution in [0.3, 0.4) is 0 Å². The minimum atomic E-state index is 0.707. The summed E-state index contributed by atoms with van der Waals surface area (Å²) >= 11 is 0. The van der Waals surface area contributed by atoms with Crippen LogP contribution in [0.15, 0.2) is 12.1 Å². The van der Waals surface area contributed by atoms with Crippen molar-refractivity contribution in [3.8, 4) is 0 Å². The number of nitrogens with zero attached hydrogens (tertiary/aromatic N) is 1. The SMILES string of the molecule is Cc1ccc2c3c1[C@@H](C)CN3CCNC2. The predicted molar refractivity (Wildman–Crippen MR) is 63.5 cm³/mol. The van der Waals surface area contributed by atoms with E-state index in [9.17, 15) is 0 Å². The summed E-state index contributed by atoms with van der Waals surface area (Å²) in [5.41, 5.74) is 6.08. The van der Waals surface area contributed by atoms with Gasteiger partial charge >= 0.3 is 0 Å². The van der Waals surface area contributed by atoms with Crippen molar-refractivity contribution in [2.75, 3.05) is 24.5 Å². The molecule has 3 rings (SSSR count). The number of anilines is 1. The van der Waals surface area contributed by atoms with Crippen LogP contribution in [0.5, 0.6) is 0 Å². The lowest BCUT2D eigenvalue weighted by Crippen LogP contribution is -2.27. The van der Waals surface area contributed by atoms with Crippen LogP contribution in [0.2, 0.25) is 0 Å². The molecule has 2 aliphatic rings. The zero-order valence-electron chi connectivity index (χ0n) is 9.51. The Morgan fingerprint density at radius 1 is 1.40 bits per heavy atom. The third kappa shape index (κ3) is 1.28. The fourth-order valence-corrected chi connectivity index (χ4v) is 3.05. The molecule has 2 heteroatoms. The molecule has 1 N–H and O–H groups in total. The van der Waals surface area contributed by atoms with Gasteiger partial charge in [-0.25, -0.2) is 0 Å². The highest BCUT2D eigenvalue weighted by Crippen LogP contribution is 2.41. The quantitative estimate of drug-likeness (QED) is 0.692. The topological polar surface area (TPSA) is 15.3 Å². The first-order chi connectivity index (χ1) is 7.27. The molecule has 0 amide bonds. The van der Waals surface area contributed by atoms with Crippen molar-refractivity contribution >= 4 is 5.69 Å². The maximum Gasteiger partial charge on any atom is 0.0451 e. The maximum absolute atomic E-state index is 3.49. The third-order valence-electron chi connectivity index (χ3n) is 3.70. The van der Waals surface area contributed by atoms with Gasteiger partial charge in [0.25, 0.3) is 0 Å². The van der Waals surface area contributed by atoms with E-state index < -0.39 is 0 Å². The molecule has 0 aromatic heterocycles. The van der Waals surface area contributed by atoms with Gasteiger partial charge in [-0.3, -0.25) is 0 Å². The van der Waals surface area contributed by atoms with Gasteiger partial charge in [0.2, 0.25) is 0 Å². The second kappa shape index (κ2) is 3.24. The molecule has 0 bridgehead atoms. The van der Waals surface area contributed by atoms with Gasteiger partial charge in [0.1, 0.15) is 0 Å². The third-order valence-corrected chi connectivity index (χ3v) is 3.70. The molecule has 15 heavy (non-hydrogen) atoms. The number of benzene rings is 1. The molecule has 0 fully saturated rings. The predicted octanol–water partition coefficient (Wildman–Crippen LogP) is 2.02. The minimum Gasteiger partial charge on any atom is -0.369 e. The summed E-state index contributed by atoms with van der Waals surface area (Å²) in [7, 11) is 0. The Bertz CT molecular complexity index is 398. The molecule has 80 valence electrons. The molecule has 0 spiro atoms. The van der Waals surface area contributed by atoms with E-state index >= 15 is 0 Å². The highest BCUT2D eigenvalue weighted by atomic mass is 15.2. The van der Waals surface area contributed by atoms with Crippen LogP contribution >= 0.6 is 0 Å². The minimum absolute atomic E-state index is 0.707. The summed E-state index contributed by atoms with van der Waals surface area (Å²) in [6, 6.07) is 4.57. The molecule has 2 aliphatic heterocycles. The molecule has 0 radical (unpaired) electrons. The van der Waals surface area contributed by atoms with Gasteiger partial charge in [0.05, 0.1) is 0 Å². The number of nitrogens with one attached hydrogen (secondary N) is 1. The molecule has 0 saturated carbocycles. The van der Waals surface area contributed by atoms with Crippen molar-refractivity contribution in [3.05, 3.63) is 28.8 Å². The average Bonchev–Trinajstić information content (AvgIpc) is 2.43. The molecule has 1 atom stereocenters. The Morgan fingerprint density at radius 2 is 2.27 bits per heavy atom. The summed E-state index contributed by atoms with van der Waals surface area (Å²) in [4.78, 5) is 2.56. The molecule has 0 aliphatic carbocycles. The molecule has 1 aromatic carbocycles. The Labute approximate surface area is 91.3 Å². The first-order valence-electron chi connectivity index (χ1n) is 5.85.